The summed E-state index contributed by atoms with van der Waals surface area (Å²) >= 11 is 0. The van der Waals surface area contributed by atoms with E-state index in [1.807, 2.05) is 12.1 Å². The normalized spacial score (nSPS) is 21.7. The number of hydrogen-bond donors (Lipinski definition) is 1. The largest absolute Gasteiger partial charge is 0.339 e. The van der Waals surface area contributed by atoms with Gasteiger partial charge in [-0.15, -0.1) is 12.4 Å². The predicted molar refractivity (Wildman–Crippen MR) is 109 cm³/mol. The summed E-state index contributed by atoms with van der Waals surface area (Å²) in [6, 6.07) is 7.04. The highest BCUT2D eigenvalue weighted by Crippen LogP contribution is 2.21. The minimum atomic E-state index is -3.50. The zero-order chi connectivity index (χ0) is 18.7. The van der Waals surface area contributed by atoms with Crippen molar-refractivity contribution >= 4 is 28.3 Å². The monoisotopic (exact) mass is 415 g/mol. The number of nitrogens with one attached hydrogen (secondary N) is 1. The molecule has 1 atom stereocenters. The summed E-state index contributed by atoms with van der Waals surface area (Å²) in [6.07, 6.45) is 3.06. The van der Waals surface area contributed by atoms with E-state index in [9.17, 15) is 13.2 Å². The van der Waals surface area contributed by atoms with Gasteiger partial charge in [-0.05, 0) is 43.0 Å². The van der Waals surface area contributed by atoms with Crippen molar-refractivity contribution < 1.29 is 13.2 Å². The van der Waals surface area contributed by atoms with Gasteiger partial charge in [0.25, 0.3) is 0 Å². The number of hydrogen-bond acceptors (Lipinski definition) is 4. The van der Waals surface area contributed by atoms with Crippen molar-refractivity contribution in [2.45, 2.75) is 50.0 Å². The first-order valence-electron chi connectivity index (χ1n) is 9.52. The van der Waals surface area contributed by atoms with Gasteiger partial charge >= 0.3 is 0 Å². The zero-order valence-corrected chi connectivity index (χ0v) is 17.7. The lowest BCUT2D eigenvalue weighted by Gasteiger charge is -2.36. The average molecular weight is 416 g/mol. The summed E-state index contributed by atoms with van der Waals surface area (Å²) in [4.78, 5) is 14.7. The lowest BCUT2D eigenvalue weighted by molar-refractivity contribution is -0.135. The van der Waals surface area contributed by atoms with E-state index < -0.39 is 10.0 Å². The Balaban J connectivity index is 0.00000261. The number of sulfonamides is 1. The van der Waals surface area contributed by atoms with Crippen LogP contribution in [0, 0.1) is 0 Å². The van der Waals surface area contributed by atoms with Gasteiger partial charge in [-0.1, -0.05) is 32.4 Å². The topological polar surface area (TPSA) is 69.7 Å². The van der Waals surface area contributed by atoms with E-state index in [1.165, 1.54) is 4.31 Å². The molecule has 1 amide bonds. The lowest BCUT2D eigenvalue weighted by atomic mass is 10.0. The molecule has 0 radical (unpaired) electrons. The second-order valence-electron chi connectivity index (χ2n) is 7.46. The van der Waals surface area contributed by atoms with Crippen LogP contribution >= 0.6 is 12.4 Å². The van der Waals surface area contributed by atoms with Crippen LogP contribution in [0.2, 0.25) is 0 Å². The molecule has 1 aromatic rings. The van der Waals surface area contributed by atoms with Gasteiger partial charge in [0.05, 0.1) is 10.9 Å². The molecule has 8 heteroatoms. The maximum absolute atomic E-state index is 12.9. The van der Waals surface area contributed by atoms with E-state index >= 15 is 0 Å². The molecule has 2 fully saturated rings. The lowest BCUT2D eigenvalue weighted by Crippen LogP contribution is -2.55. The summed E-state index contributed by atoms with van der Waals surface area (Å²) < 4.78 is 27.2. The number of piperazine rings is 1. The standard InChI is InChI=1S/C19H29N3O3S.ClH/c1-15(2)16-6-8-17(9-7-16)26(24,25)22-13-11-21(12-14-22)19(23)18-5-3-4-10-20-18;/h6-9,15,18,20H,3-5,10-14H2,1-2H3;1H. The van der Waals surface area contributed by atoms with Gasteiger partial charge in [0, 0.05) is 26.2 Å². The number of rotatable bonds is 4. The predicted octanol–water partition coefficient (Wildman–Crippen LogP) is 2.21. The third kappa shape index (κ3) is 5.02. The molecule has 1 unspecified atom stereocenters. The van der Waals surface area contributed by atoms with Gasteiger partial charge in [0.1, 0.15) is 0 Å². The van der Waals surface area contributed by atoms with Crippen LogP contribution in [0.5, 0.6) is 0 Å². The van der Waals surface area contributed by atoms with Gasteiger partial charge in [-0.25, -0.2) is 8.42 Å². The molecule has 1 aromatic carbocycles. The molecule has 2 aliphatic rings. The van der Waals surface area contributed by atoms with Crippen molar-refractivity contribution in [1.29, 1.82) is 0 Å². The Morgan fingerprint density at radius 3 is 2.22 bits per heavy atom. The highest BCUT2D eigenvalue weighted by molar-refractivity contribution is 7.89. The Morgan fingerprint density at radius 2 is 1.70 bits per heavy atom. The van der Waals surface area contributed by atoms with E-state index in [4.69, 9.17) is 0 Å². The third-order valence-corrected chi connectivity index (χ3v) is 7.26. The number of carbonyl (C=O) groups is 1. The van der Waals surface area contributed by atoms with E-state index in [1.54, 1.807) is 17.0 Å². The molecule has 2 saturated heterocycles. The summed E-state index contributed by atoms with van der Waals surface area (Å²) in [6.45, 7) is 6.68. The highest BCUT2D eigenvalue weighted by Gasteiger charge is 2.32. The number of carbonyl (C=O) groups excluding carboxylic acids is 1. The number of nitrogens with zero attached hydrogens (tertiary/aromatic N) is 2. The van der Waals surface area contributed by atoms with Crippen molar-refractivity contribution in [1.82, 2.24) is 14.5 Å². The minimum Gasteiger partial charge on any atom is -0.339 e. The fourth-order valence-corrected chi connectivity index (χ4v) is 5.03. The van der Waals surface area contributed by atoms with Crippen molar-refractivity contribution in [3.05, 3.63) is 29.8 Å². The Labute approximate surface area is 168 Å². The summed E-state index contributed by atoms with van der Waals surface area (Å²) in [5, 5.41) is 3.27. The van der Waals surface area contributed by atoms with Crippen LogP contribution in [-0.4, -0.2) is 62.3 Å². The SMILES string of the molecule is CC(C)c1ccc(S(=O)(=O)N2CCN(C(=O)C3CCCCN3)CC2)cc1.Cl. The minimum absolute atomic E-state index is 0. The Hall–Kier alpha value is -1.15. The van der Waals surface area contributed by atoms with E-state index in [2.05, 4.69) is 19.2 Å². The van der Waals surface area contributed by atoms with Crippen LogP contribution in [0.3, 0.4) is 0 Å². The Bertz CT molecular complexity index is 723. The molecular weight excluding hydrogens is 386 g/mol. The number of halogens is 1. The fourth-order valence-electron chi connectivity index (χ4n) is 3.61. The zero-order valence-electron chi connectivity index (χ0n) is 16.1. The second kappa shape index (κ2) is 9.37. The number of amides is 1. The molecule has 2 heterocycles. The Morgan fingerprint density at radius 1 is 1.07 bits per heavy atom. The molecule has 0 aliphatic carbocycles. The first kappa shape index (κ1) is 22.1. The third-order valence-electron chi connectivity index (χ3n) is 5.34. The van der Waals surface area contributed by atoms with E-state index in [0.717, 1.165) is 31.4 Å². The van der Waals surface area contributed by atoms with Crippen molar-refractivity contribution in [2.75, 3.05) is 32.7 Å². The quantitative estimate of drug-likeness (QED) is 0.818. The maximum atomic E-state index is 12.9. The first-order chi connectivity index (χ1) is 12.4. The first-order valence-corrected chi connectivity index (χ1v) is 11.0. The molecule has 27 heavy (non-hydrogen) atoms. The van der Waals surface area contributed by atoms with Crippen molar-refractivity contribution in [2.24, 2.45) is 0 Å². The van der Waals surface area contributed by atoms with Crippen LogP contribution in [-0.2, 0) is 14.8 Å². The molecule has 152 valence electrons. The summed E-state index contributed by atoms with van der Waals surface area (Å²) in [5.41, 5.74) is 1.12. The van der Waals surface area contributed by atoms with Crippen LogP contribution in [0.1, 0.15) is 44.6 Å². The molecule has 3 rings (SSSR count). The Kier molecular flexibility index (Phi) is 7.68. The molecule has 2 aliphatic heterocycles. The molecule has 0 saturated carbocycles. The molecule has 0 spiro atoms. The van der Waals surface area contributed by atoms with Crippen LogP contribution in [0.25, 0.3) is 0 Å². The van der Waals surface area contributed by atoms with Gasteiger partial charge < -0.3 is 10.2 Å². The molecular formula is C19H30ClN3O3S. The fraction of sp³-hybridized carbons (Fsp3) is 0.632. The van der Waals surface area contributed by atoms with Crippen LogP contribution in [0.4, 0.5) is 0 Å². The van der Waals surface area contributed by atoms with Crippen LogP contribution < -0.4 is 5.32 Å². The van der Waals surface area contributed by atoms with Crippen LogP contribution in [0.15, 0.2) is 29.2 Å². The molecule has 6 nitrogen and oxygen atoms in total. The molecule has 1 N–H and O–H groups in total. The highest BCUT2D eigenvalue weighted by atomic mass is 35.5. The van der Waals surface area contributed by atoms with Gasteiger partial charge in [0.15, 0.2) is 0 Å². The van der Waals surface area contributed by atoms with Gasteiger partial charge in [-0.3, -0.25) is 4.79 Å². The summed E-state index contributed by atoms with van der Waals surface area (Å²) in [7, 11) is -3.50. The van der Waals surface area contributed by atoms with Crippen molar-refractivity contribution in [3.63, 3.8) is 0 Å². The number of piperidine rings is 1. The second-order valence-corrected chi connectivity index (χ2v) is 9.39. The van der Waals surface area contributed by atoms with E-state index in [-0.39, 0.29) is 24.4 Å². The summed E-state index contributed by atoms with van der Waals surface area (Å²) in [5.74, 6) is 0.484. The average Bonchev–Trinajstić information content (AvgIpc) is 2.68. The number of benzene rings is 1. The maximum Gasteiger partial charge on any atom is 0.243 e. The smallest absolute Gasteiger partial charge is 0.243 e. The molecule has 0 aromatic heterocycles. The van der Waals surface area contributed by atoms with Gasteiger partial charge in [0.2, 0.25) is 15.9 Å². The van der Waals surface area contributed by atoms with Gasteiger partial charge in [-0.2, -0.15) is 4.31 Å². The molecule has 0 bridgehead atoms. The van der Waals surface area contributed by atoms with Crippen molar-refractivity contribution in [3.8, 4) is 0 Å². The van der Waals surface area contributed by atoms with E-state index in [0.29, 0.717) is 37.0 Å².